The van der Waals surface area contributed by atoms with Crippen molar-refractivity contribution in [2.45, 2.75) is 44.2 Å². The Morgan fingerprint density at radius 1 is 0.903 bits per heavy atom. The number of rotatable bonds is 6. The quantitative estimate of drug-likeness (QED) is 0.699. The Morgan fingerprint density at radius 3 is 2.13 bits per heavy atom. The van der Waals surface area contributed by atoms with E-state index in [1.165, 1.54) is 6.26 Å². The maximum absolute atomic E-state index is 12.7. The molecule has 2 unspecified atom stereocenters. The van der Waals surface area contributed by atoms with Gasteiger partial charge in [0, 0.05) is 12.7 Å². The molecule has 2 amide bonds. The molecule has 0 aliphatic carbocycles. The van der Waals surface area contributed by atoms with E-state index in [0.717, 1.165) is 23.3 Å². The Hall–Kier alpha value is -2.74. The molecule has 0 fully saturated rings. The number of nitrogens with one attached hydrogen (secondary N) is 2. The monoisotopic (exact) mass is 446 g/mol. The van der Waals surface area contributed by atoms with E-state index in [0.29, 0.717) is 19.0 Å². The van der Waals surface area contributed by atoms with Crippen LogP contribution in [0.2, 0.25) is 0 Å². The zero-order valence-corrected chi connectivity index (χ0v) is 19.2. The maximum atomic E-state index is 12.7. The van der Waals surface area contributed by atoms with Crippen molar-refractivity contribution in [1.82, 2.24) is 10.6 Å². The zero-order chi connectivity index (χ0) is 22.6. The van der Waals surface area contributed by atoms with Gasteiger partial charge in [0.25, 0.3) is 0 Å². The first-order valence-electron chi connectivity index (χ1n) is 10.4. The summed E-state index contributed by atoms with van der Waals surface area (Å²) in [6, 6.07) is 11.5. The van der Waals surface area contributed by atoms with Crippen molar-refractivity contribution in [2.75, 3.05) is 19.5 Å². The number of benzene rings is 2. The van der Waals surface area contributed by atoms with E-state index in [1.807, 2.05) is 39.0 Å². The molecule has 2 N–H and O–H groups in total. The zero-order valence-electron chi connectivity index (χ0n) is 18.3. The van der Waals surface area contributed by atoms with E-state index in [4.69, 9.17) is 9.47 Å². The van der Waals surface area contributed by atoms with Gasteiger partial charge in [-0.3, -0.25) is 0 Å². The molecular weight excluding hydrogens is 416 g/mol. The molecule has 7 nitrogen and oxygen atoms in total. The first-order chi connectivity index (χ1) is 14.6. The van der Waals surface area contributed by atoms with Gasteiger partial charge in [-0.1, -0.05) is 32.0 Å². The van der Waals surface area contributed by atoms with Crippen LogP contribution in [-0.4, -0.2) is 33.9 Å². The summed E-state index contributed by atoms with van der Waals surface area (Å²) in [6.45, 7) is 7.17. The average Bonchev–Trinajstić information content (AvgIpc) is 2.96. The van der Waals surface area contributed by atoms with Crippen LogP contribution >= 0.6 is 0 Å². The first-order valence-corrected chi connectivity index (χ1v) is 12.3. The number of amides is 2. The van der Waals surface area contributed by atoms with Crippen LogP contribution < -0.4 is 20.1 Å². The lowest BCUT2D eigenvalue weighted by Crippen LogP contribution is -2.40. The Labute approximate surface area is 184 Å². The molecule has 0 spiro atoms. The fraction of sp³-hybridized carbons (Fsp3) is 0.435. The predicted molar refractivity (Wildman–Crippen MR) is 119 cm³/mol. The number of fused-ring (bicyclic) bond motifs is 1. The molecule has 1 heterocycles. The molecule has 0 saturated carbocycles. The third kappa shape index (κ3) is 5.91. The van der Waals surface area contributed by atoms with Crippen LogP contribution in [0.4, 0.5) is 4.79 Å². The van der Waals surface area contributed by atoms with Gasteiger partial charge in [0.15, 0.2) is 21.3 Å². The Kier molecular flexibility index (Phi) is 7.10. The number of hydrogen-bond acceptors (Lipinski definition) is 5. The Morgan fingerprint density at radius 2 is 1.52 bits per heavy atom. The minimum absolute atomic E-state index is 0.153. The largest absolute Gasteiger partial charge is 0.490 e. The minimum Gasteiger partial charge on any atom is -0.490 e. The van der Waals surface area contributed by atoms with Gasteiger partial charge in [0.1, 0.15) is 0 Å². The second kappa shape index (κ2) is 9.60. The van der Waals surface area contributed by atoms with E-state index in [-0.39, 0.29) is 28.9 Å². The number of carbonyl (C=O) groups excluding carboxylic acids is 1. The van der Waals surface area contributed by atoms with Crippen LogP contribution in [0.3, 0.4) is 0 Å². The van der Waals surface area contributed by atoms with E-state index in [2.05, 4.69) is 10.6 Å². The van der Waals surface area contributed by atoms with Gasteiger partial charge in [-0.2, -0.15) is 0 Å². The van der Waals surface area contributed by atoms with Gasteiger partial charge in [-0.05, 0) is 48.2 Å². The highest BCUT2D eigenvalue weighted by Crippen LogP contribution is 2.34. The molecule has 8 heteroatoms. The van der Waals surface area contributed by atoms with Gasteiger partial charge in [-0.15, -0.1) is 0 Å². The standard InChI is InChI=1S/C23H30N2O5S/c1-15(2)22(18-8-11-20-21(14-18)30-13-5-12-29-20)25-23(26)24-16(3)17-6-9-19(10-7-17)31(4,27)28/h6-11,14-16,22H,5,12-13H2,1-4H3,(H2,24,25,26). The molecule has 2 aromatic carbocycles. The summed E-state index contributed by atoms with van der Waals surface area (Å²) in [7, 11) is -3.25. The number of urea groups is 1. The fourth-order valence-corrected chi connectivity index (χ4v) is 4.11. The molecule has 0 saturated heterocycles. The van der Waals surface area contributed by atoms with E-state index >= 15 is 0 Å². The molecule has 31 heavy (non-hydrogen) atoms. The third-order valence-electron chi connectivity index (χ3n) is 5.24. The molecule has 0 aromatic heterocycles. The van der Waals surface area contributed by atoms with Crippen molar-refractivity contribution < 1.29 is 22.7 Å². The van der Waals surface area contributed by atoms with Gasteiger partial charge in [0.05, 0.1) is 30.2 Å². The predicted octanol–water partition coefficient (Wildman–Crippen LogP) is 4.01. The van der Waals surface area contributed by atoms with E-state index in [1.54, 1.807) is 24.3 Å². The van der Waals surface area contributed by atoms with Crippen molar-refractivity contribution in [1.29, 1.82) is 0 Å². The highest BCUT2D eigenvalue weighted by molar-refractivity contribution is 7.90. The second-order valence-corrected chi connectivity index (χ2v) is 10.2. The van der Waals surface area contributed by atoms with Gasteiger partial charge >= 0.3 is 6.03 Å². The summed E-state index contributed by atoms with van der Waals surface area (Å²) in [5.41, 5.74) is 1.76. The second-order valence-electron chi connectivity index (χ2n) is 8.16. The van der Waals surface area contributed by atoms with Crippen molar-refractivity contribution in [3.05, 3.63) is 53.6 Å². The van der Waals surface area contributed by atoms with Crippen molar-refractivity contribution in [3.63, 3.8) is 0 Å². The highest BCUT2D eigenvalue weighted by Gasteiger charge is 2.22. The van der Waals surface area contributed by atoms with Gasteiger partial charge in [0.2, 0.25) is 0 Å². The van der Waals surface area contributed by atoms with Gasteiger partial charge in [-0.25, -0.2) is 13.2 Å². The van der Waals surface area contributed by atoms with E-state index < -0.39 is 9.84 Å². The fourth-order valence-electron chi connectivity index (χ4n) is 3.47. The van der Waals surface area contributed by atoms with Crippen LogP contribution in [0, 0.1) is 5.92 Å². The lowest BCUT2D eigenvalue weighted by Gasteiger charge is -2.25. The normalized spacial score (nSPS) is 15.6. The minimum atomic E-state index is -3.25. The van der Waals surface area contributed by atoms with Crippen LogP contribution in [0.1, 0.15) is 50.4 Å². The van der Waals surface area contributed by atoms with Crippen molar-refractivity contribution in [3.8, 4) is 11.5 Å². The molecule has 2 aromatic rings. The van der Waals surface area contributed by atoms with E-state index in [9.17, 15) is 13.2 Å². The topological polar surface area (TPSA) is 93.7 Å². The summed E-state index contributed by atoms with van der Waals surface area (Å²) in [6.07, 6.45) is 2.00. The smallest absolute Gasteiger partial charge is 0.315 e. The number of carbonyl (C=O) groups is 1. The lowest BCUT2D eigenvalue weighted by atomic mass is 9.95. The molecule has 2 atom stereocenters. The van der Waals surface area contributed by atoms with Crippen molar-refractivity contribution >= 4 is 15.9 Å². The summed E-state index contributed by atoms with van der Waals surface area (Å²) in [5, 5.41) is 5.98. The summed E-state index contributed by atoms with van der Waals surface area (Å²) in [4.78, 5) is 13.0. The molecule has 1 aliphatic rings. The SMILES string of the molecule is CC(NC(=O)NC(c1ccc2c(c1)OCCCO2)C(C)C)c1ccc(S(C)(=O)=O)cc1. The molecule has 0 bridgehead atoms. The Bertz CT molecular complexity index is 1020. The number of hydrogen-bond donors (Lipinski definition) is 2. The molecular formula is C23H30N2O5S. The maximum Gasteiger partial charge on any atom is 0.315 e. The first kappa shape index (κ1) is 22.9. The van der Waals surface area contributed by atoms with Crippen molar-refractivity contribution in [2.24, 2.45) is 5.92 Å². The van der Waals surface area contributed by atoms with Crippen LogP contribution in [0.25, 0.3) is 0 Å². The molecule has 3 rings (SSSR count). The molecule has 168 valence electrons. The van der Waals surface area contributed by atoms with Crippen LogP contribution in [0.5, 0.6) is 11.5 Å². The number of ether oxygens (including phenoxy) is 2. The van der Waals surface area contributed by atoms with Crippen LogP contribution in [-0.2, 0) is 9.84 Å². The summed E-state index contributed by atoms with van der Waals surface area (Å²) >= 11 is 0. The summed E-state index contributed by atoms with van der Waals surface area (Å²) in [5.74, 6) is 1.57. The third-order valence-corrected chi connectivity index (χ3v) is 6.37. The summed E-state index contributed by atoms with van der Waals surface area (Å²) < 4.78 is 34.7. The average molecular weight is 447 g/mol. The highest BCUT2D eigenvalue weighted by atomic mass is 32.2. The Balaban J connectivity index is 1.69. The molecule has 0 radical (unpaired) electrons. The molecule has 1 aliphatic heterocycles. The van der Waals surface area contributed by atoms with Gasteiger partial charge < -0.3 is 20.1 Å². The van der Waals surface area contributed by atoms with Crippen LogP contribution in [0.15, 0.2) is 47.4 Å². The lowest BCUT2D eigenvalue weighted by molar-refractivity contribution is 0.230. The number of sulfone groups is 1.